The molecule has 0 aromatic carbocycles. The number of likely N-dealkylation sites (tertiary alicyclic amines) is 1. The zero-order chi connectivity index (χ0) is 13.0. The average molecular weight is 250 g/mol. The second-order valence-electron chi connectivity index (χ2n) is 4.56. The number of methoxy groups -OCH3 is 1. The maximum absolute atomic E-state index is 11.8. The number of carbonyl (C=O) groups excluding carboxylic acids is 1. The highest BCUT2D eigenvalue weighted by atomic mass is 16.5. The van der Waals surface area contributed by atoms with E-state index in [4.69, 9.17) is 4.74 Å². The summed E-state index contributed by atoms with van der Waals surface area (Å²) in [6.45, 7) is 1.41. The monoisotopic (exact) mass is 250 g/mol. The van der Waals surface area contributed by atoms with E-state index in [0.717, 1.165) is 5.56 Å². The number of carbonyl (C=O) groups is 1. The highest BCUT2D eigenvalue weighted by molar-refractivity contribution is 5.77. The van der Waals surface area contributed by atoms with Crippen molar-refractivity contribution in [1.29, 1.82) is 0 Å². The Morgan fingerprint density at radius 3 is 2.83 bits per heavy atom. The van der Waals surface area contributed by atoms with Crippen molar-refractivity contribution < 1.29 is 14.6 Å². The normalized spacial score (nSPS) is 23.3. The van der Waals surface area contributed by atoms with E-state index in [1.807, 2.05) is 12.1 Å². The Balaban J connectivity index is 2.10. The first kappa shape index (κ1) is 13.0. The Morgan fingerprint density at radius 1 is 1.50 bits per heavy atom. The van der Waals surface area contributed by atoms with Crippen LogP contribution in [-0.4, -0.2) is 54.3 Å². The van der Waals surface area contributed by atoms with Gasteiger partial charge in [-0.15, -0.1) is 0 Å². The molecule has 2 rings (SSSR count). The summed E-state index contributed by atoms with van der Waals surface area (Å²) < 4.78 is 4.86. The summed E-state index contributed by atoms with van der Waals surface area (Å²) in [5.41, 5.74) is 1.12. The molecule has 5 heteroatoms. The summed E-state index contributed by atoms with van der Waals surface area (Å²) >= 11 is 0. The molecule has 5 nitrogen and oxygen atoms in total. The molecule has 2 heterocycles. The van der Waals surface area contributed by atoms with Gasteiger partial charge in [0.2, 0.25) is 5.91 Å². The topological polar surface area (TPSA) is 62.7 Å². The Bertz CT molecular complexity index is 396. The largest absolute Gasteiger partial charge is 0.396 e. The fourth-order valence-electron chi connectivity index (χ4n) is 2.46. The van der Waals surface area contributed by atoms with Gasteiger partial charge < -0.3 is 14.7 Å². The number of aliphatic hydroxyl groups is 1. The van der Waals surface area contributed by atoms with Gasteiger partial charge in [-0.05, 0) is 17.7 Å². The molecule has 1 fully saturated rings. The smallest absolute Gasteiger partial charge is 0.248 e. The van der Waals surface area contributed by atoms with Crippen molar-refractivity contribution in [1.82, 2.24) is 9.88 Å². The van der Waals surface area contributed by atoms with E-state index in [9.17, 15) is 9.90 Å². The third-order valence-corrected chi connectivity index (χ3v) is 3.43. The molecule has 0 aliphatic carbocycles. The van der Waals surface area contributed by atoms with Crippen LogP contribution in [0.2, 0.25) is 0 Å². The molecular formula is C13H18N2O3. The van der Waals surface area contributed by atoms with Gasteiger partial charge in [0.1, 0.15) is 6.61 Å². The van der Waals surface area contributed by atoms with Crippen molar-refractivity contribution in [3.63, 3.8) is 0 Å². The molecule has 0 unspecified atom stereocenters. The summed E-state index contributed by atoms with van der Waals surface area (Å²) in [6.07, 6.45) is 3.48. The fraction of sp³-hybridized carbons (Fsp3) is 0.538. The molecule has 0 spiro atoms. The minimum absolute atomic E-state index is 0.0208. The number of pyridine rings is 1. The maximum atomic E-state index is 11.8. The second-order valence-corrected chi connectivity index (χ2v) is 4.56. The number of amides is 1. The number of hydrogen-bond acceptors (Lipinski definition) is 4. The van der Waals surface area contributed by atoms with Crippen LogP contribution in [0.5, 0.6) is 0 Å². The molecule has 18 heavy (non-hydrogen) atoms. The van der Waals surface area contributed by atoms with Crippen molar-refractivity contribution in [2.24, 2.45) is 5.92 Å². The molecular weight excluding hydrogens is 232 g/mol. The molecule has 1 aliphatic rings. The number of ether oxygens (including phenoxy) is 1. The average Bonchev–Trinajstić information content (AvgIpc) is 2.84. The molecule has 1 aromatic rings. The number of rotatable bonds is 4. The van der Waals surface area contributed by atoms with Crippen molar-refractivity contribution in [2.75, 3.05) is 33.4 Å². The van der Waals surface area contributed by atoms with Gasteiger partial charge in [-0.1, -0.05) is 0 Å². The van der Waals surface area contributed by atoms with Crippen LogP contribution in [0.1, 0.15) is 11.5 Å². The van der Waals surface area contributed by atoms with Gasteiger partial charge in [-0.2, -0.15) is 0 Å². The maximum Gasteiger partial charge on any atom is 0.248 e. The Kier molecular flexibility index (Phi) is 4.28. The first-order valence-corrected chi connectivity index (χ1v) is 6.03. The molecule has 1 N–H and O–H groups in total. The van der Waals surface area contributed by atoms with Gasteiger partial charge in [-0.25, -0.2) is 0 Å². The lowest BCUT2D eigenvalue weighted by Crippen LogP contribution is -2.32. The molecule has 1 aliphatic heterocycles. The van der Waals surface area contributed by atoms with Crippen LogP contribution in [0, 0.1) is 5.92 Å². The fourth-order valence-corrected chi connectivity index (χ4v) is 2.46. The Hall–Kier alpha value is -1.46. The lowest BCUT2D eigenvalue weighted by Gasteiger charge is -2.16. The van der Waals surface area contributed by atoms with E-state index in [1.165, 1.54) is 7.11 Å². The summed E-state index contributed by atoms with van der Waals surface area (Å²) in [5.74, 6) is 0.250. The zero-order valence-electron chi connectivity index (χ0n) is 10.5. The highest BCUT2D eigenvalue weighted by Gasteiger charge is 2.35. The van der Waals surface area contributed by atoms with E-state index < -0.39 is 0 Å². The first-order valence-electron chi connectivity index (χ1n) is 6.03. The second kappa shape index (κ2) is 5.93. The van der Waals surface area contributed by atoms with Crippen molar-refractivity contribution in [2.45, 2.75) is 5.92 Å². The number of aromatic nitrogens is 1. The van der Waals surface area contributed by atoms with E-state index >= 15 is 0 Å². The number of aliphatic hydroxyl groups excluding tert-OH is 1. The Morgan fingerprint density at radius 2 is 2.22 bits per heavy atom. The van der Waals surface area contributed by atoms with Crippen molar-refractivity contribution in [3.8, 4) is 0 Å². The number of nitrogens with zero attached hydrogens (tertiary/aromatic N) is 2. The molecule has 0 saturated carbocycles. The van der Waals surface area contributed by atoms with Gasteiger partial charge >= 0.3 is 0 Å². The third-order valence-electron chi connectivity index (χ3n) is 3.43. The van der Waals surface area contributed by atoms with Gasteiger partial charge in [-0.3, -0.25) is 9.78 Å². The predicted octanol–water partition coefficient (Wildman–Crippen LogP) is 0.262. The predicted molar refractivity (Wildman–Crippen MR) is 66.0 cm³/mol. The first-order chi connectivity index (χ1) is 8.76. The van der Waals surface area contributed by atoms with Crippen LogP contribution < -0.4 is 0 Å². The van der Waals surface area contributed by atoms with Gasteiger partial charge in [0.25, 0.3) is 0 Å². The van der Waals surface area contributed by atoms with Crippen LogP contribution in [0.3, 0.4) is 0 Å². The van der Waals surface area contributed by atoms with Crippen LogP contribution in [0.15, 0.2) is 24.5 Å². The quantitative estimate of drug-likeness (QED) is 0.832. The van der Waals surface area contributed by atoms with Crippen LogP contribution in [-0.2, 0) is 9.53 Å². The SMILES string of the molecule is COCC(=O)N1C[C@@H](CO)[C@H](c2ccncc2)C1. The van der Waals surface area contributed by atoms with E-state index in [2.05, 4.69) is 4.98 Å². The summed E-state index contributed by atoms with van der Waals surface area (Å²) in [7, 11) is 1.51. The van der Waals surface area contributed by atoms with Gasteiger partial charge in [0.15, 0.2) is 0 Å². The molecule has 1 aromatic heterocycles. The summed E-state index contributed by atoms with van der Waals surface area (Å²) in [4.78, 5) is 17.5. The highest BCUT2D eigenvalue weighted by Crippen LogP contribution is 2.32. The van der Waals surface area contributed by atoms with E-state index in [-0.39, 0.29) is 31.0 Å². The van der Waals surface area contributed by atoms with Crippen molar-refractivity contribution >= 4 is 5.91 Å². The van der Waals surface area contributed by atoms with Crippen LogP contribution >= 0.6 is 0 Å². The summed E-state index contributed by atoms with van der Waals surface area (Å²) in [6, 6.07) is 3.88. The molecule has 1 amide bonds. The minimum Gasteiger partial charge on any atom is -0.396 e. The lowest BCUT2D eigenvalue weighted by atomic mass is 9.90. The molecule has 2 atom stereocenters. The molecule has 0 bridgehead atoms. The van der Waals surface area contributed by atoms with Crippen molar-refractivity contribution in [3.05, 3.63) is 30.1 Å². The third kappa shape index (κ3) is 2.68. The van der Waals surface area contributed by atoms with Gasteiger partial charge in [0.05, 0.1) is 0 Å². The molecule has 98 valence electrons. The molecule has 1 saturated heterocycles. The van der Waals surface area contributed by atoms with E-state index in [1.54, 1.807) is 17.3 Å². The lowest BCUT2D eigenvalue weighted by molar-refractivity contribution is -0.134. The minimum atomic E-state index is -0.0208. The molecule has 0 radical (unpaired) electrons. The Labute approximate surface area is 106 Å². The zero-order valence-corrected chi connectivity index (χ0v) is 10.5. The summed E-state index contributed by atoms with van der Waals surface area (Å²) in [5, 5.41) is 9.44. The standard InChI is InChI=1S/C13H18N2O3/c1-18-9-13(17)15-6-11(8-16)12(7-15)10-2-4-14-5-3-10/h2-5,11-12,16H,6-9H2,1H3/t11-,12-/m0/s1. The van der Waals surface area contributed by atoms with Crippen LogP contribution in [0.4, 0.5) is 0 Å². The van der Waals surface area contributed by atoms with E-state index in [0.29, 0.717) is 13.1 Å². The number of hydrogen-bond donors (Lipinski definition) is 1. The van der Waals surface area contributed by atoms with Gasteiger partial charge in [0, 0.05) is 51.0 Å². The van der Waals surface area contributed by atoms with Crippen LogP contribution in [0.25, 0.3) is 0 Å².